The van der Waals surface area contributed by atoms with Gasteiger partial charge in [-0.15, -0.1) is 5.10 Å². The van der Waals surface area contributed by atoms with Crippen molar-refractivity contribution in [3.05, 3.63) is 58.6 Å². The predicted molar refractivity (Wildman–Crippen MR) is 101 cm³/mol. The van der Waals surface area contributed by atoms with Gasteiger partial charge in [-0.1, -0.05) is 12.1 Å². The van der Waals surface area contributed by atoms with Gasteiger partial charge in [-0.3, -0.25) is 9.20 Å². The van der Waals surface area contributed by atoms with Crippen LogP contribution in [0.4, 0.5) is 5.69 Å². The molecule has 0 atom stereocenters. The van der Waals surface area contributed by atoms with Crippen LogP contribution in [-0.2, 0) is 16.1 Å². The highest BCUT2D eigenvalue weighted by atomic mass is 16.5. The lowest BCUT2D eigenvalue weighted by Crippen LogP contribution is -2.24. The number of aromatic nitrogens is 3. The second-order valence-corrected chi connectivity index (χ2v) is 6.04. The number of rotatable bonds is 8. The lowest BCUT2D eigenvalue weighted by Gasteiger charge is -2.11. The minimum atomic E-state index is -0.342. The summed E-state index contributed by atoms with van der Waals surface area (Å²) in [7, 11) is 1.60. The van der Waals surface area contributed by atoms with Crippen LogP contribution in [0.1, 0.15) is 12.0 Å². The van der Waals surface area contributed by atoms with Crippen molar-refractivity contribution in [1.29, 1.82) is 0 Å². The van der Waals surface area contributed by atoms with Gasteiger partial charge in [0, 0.05) is 12.7 Å². The highest BCUT2D eigenvalue weighted by Gasteiger charge is 2.08. The molecule has 2 heterocycles. The molecular weight excluding hydrogens is 348 g/mol. The van der Waals surface area contributed by atoms with Crippen LogP contribution < -0.4 is 15.7 Å². The molecule has 142 valence electrons. The van der Waals surface area contributed by atoms with E-state index in [0.29, 0.717) is 12.2 Å². The molecule has 0 aliphatic heterocycles. The minimum Gasteiger partial charge on any atom is -0.495 e. The number of carbonyl (C=O) groups is 1. The monoisotopic (exact) mass is 370 g/mol. The number of hydrogen-bond acceptors (Lipinski definition) is 6. The number of carbonyl (C=O) groups excluding carboxylic acids is 1. The van der Waals surface area contributed by atoms with E-state index in [1.54, 1.807) is 25.4 Å². The van der Waals surface area contributed by atoms with Crippen LogP contribution in [0, 0.1) is 6.92 Å². The number of methoxy groups -OCH3 is 1. The third-order valence-corrected chi connectivity index (χ3v) is 4.05. The van der Waals surface area contributed by atoms with Crippen LogP contribution in [0.15, 0.2) is 47.4 Å². The second-order valence-electron chi connectivity index (χ2n) is 6.04. The van der Waals surface area contributed by atoms with Crippen LogP contribution in [0.3, 0.4) is 0 Å². The number of aryl methyl sites for hydroxylation is 1. The Morgan fingerprint density at radius 1 is 1.26 bits per heavy atom. The lowest BCUT2D eigenvalue weighted by atomic mass is 10.2. The molecule has 8 heteroatoms. The summed E-state index contributed by atoms with van der Waals surface area (Å²) in [5.74, 6) is 0.381. The van der Waals surface area contributed by atoms with E-state index in [-0.39, 0.29) is 31.2 Å². The molecule has 0 amide bonds. The number of hydrogen-bond donors (Lipinski definition) is 1. The molecule has 8 nitrogen and oxygen atoms in total. The highest BCUT2D eigenvalue weighted by molar-refractivity contribution is 5.70. The summed E-state index contributed by atoms with van der Waals surface area (Å²) < 4.78 is 13.2. The van der Waals surface area contributed by atoms with Crippen LogP contribution >= 0.6 is 0 Å². The van der Waals surface area contributed by atoms with E-state index in [2.05, 4.69) is 10.4 Å². The molecule has 0 spiro atoms. The van der Waals surface area contributed by atoms with Gasteiger partial charge in [0.15, 0.2) is 5.65 Å². The van der Waals surface area contributed by atoms with E-state index in [4.69, 9.17) is 9.47 Å². The van der Waals surface area contributed by atoms with Crippen molar-refractivity contribution in [2.45, 2.75) is 19.9 Å². The van der Waals surface area contributed by atoms with Crippen molar-refractivity contribution in [2.24, 2.45) is 0 Å². The number of ether oxygens (including phenoxy) is 2. The standard InChI is InChI=1S/C19H22N4O4/c1-14-6-7-16(26-2)15(13-14)20-9-8-18(24)27-12-11-23-19(25)22-10-4-3-5-17(22)21-23/h3-7,10,13,20H,8-9,11-12H2,1-2H3. The Morgan fingerprint density at radius 2 is 2.11 bits per heavy atom. The summed E-state index contributed by atoms with van der Waals surface area (Å²) in [5.41, 5.74) is 2.24. The summed E-state index contributed by atoms with van der Waals surface area (Å²) >= 11 is 0. The van der Waals surface area contributed by atoms with Gasteiger partial charge in [-0.05, 0) is 36.8 Å². The van der Waals surface area contributed by atoms with Crippen LogP contribution in [-0.4, -0.2) is 40.4 Å². The molecule has 3 aromatic rings. The largest absolute Gasteiger partial charge is 0.495 e. The van der Waals surface area contributed by atoms with E-state index in [1.807, 2.05) is 31.2 Å². The number of esters is 1. The topological polar surface area (TPSA) is 86.9 Å². The molecule has 1 aromatic carbocycles. The first-order chi connectivity index (χ1) is 13.1. The molecule has 0 unspecified atom stereocenters. The van der Waals surface area contributed by atoms with Gasteiger partial charge in [0.05, 0.1) is 25.8 Å². The van der Waals surface area contributed by atoms with E-state index in [9.17, 15) is 9.59 Å². The highest BCUT2D eigenvalue weighted by Crippen LogP contribution is 2.24. The average Bonchev–Trinajstić information content (AvgIpc) is 2.98. The van der Waals surface area contributed by atoms with Gasteiger partial charge < -0.3 is 14.8 Å². The summed E-state index contributed by atoms with van der Waals surface area (Å²) in [5, 5.41) is 7.36. The number of anilines is 1. The molecule has 0 saturated carbocycles. The summed E-state index contributed by atoms with van der Waals surface area (Å²) in [6, 6.07) is 11.1. The van der Waals surface area contributed by atoms with E-state index in [1.165, 1.54) is 9.08 Å². The second kappa shape index (κ2) is 8.39. The minimum absolute atomic E-state index is 0.0936. The summed E-state index contributed by atoms with van der Waals surface area (Å²) in [6.07, 6.45) is 1.86. The quantitative estimate of drug-likeness (QED) is 0.609. The molecule has 0 radical (unpaired) electrons. The van der Waals surface area contributed by atoms with Gasteiger partial charge in [-0.25, -0.2) is 9.48 Å². The van der Waals surface area contributed by atoms with Crippen molar-refractivity contribution >= 4 is 17.3 Å². The van der Waals surface area contributed by atoms with Crippen molar-refractivity contribution in [3.8, 4) is 5.75 Å². The van der Waals surface area contributed by atoms with E-state index >= 15 is 0 Å². The normalized spacial score (nSPS) is 10.7. The van der Waals surface area contributed by atoms with Gasteiger partial charge in [-0.2, -0.15) is 0 Å². The first kappa shape index (κ1) is 18.5. The number of fused-ring (bicyclic) bond motifs is 1. The average molecular weight is 370 g/mol. The van der Waals surface area contributed by atoms with Crippen molar-refractivity contribution < 1.29 is 14.3 Å². The van der Waals surface area contributed by atoms with Crippen molar-refractivity contribution in [3.63, 3.8) is 0 Å². The van der Waals surface area contributed by atoms with E-state index in [0.717, 1.165) is 17.0 Å². The molecule has 1 N–H and O–H groups in total. The Labute approximate surface area is 156 Å². The fraction of sp³-hybridized carbons (Fsp3) is 0.316. The zero-order valence-corrected chi connectivity index (χ0v) is 15.3. The number of nitrogens with one attached hydrogen (secondary N) is 1. The zero-order valence-electron chi connectivity index (χ0n) is 15.3. The third kappa shape index (κ3) is 4.46. The van der Waals surface area contributed by atoms with Crippen molar-refractivity contribution in [2.75, 3.05) is 25.6 Å². The van der Waals surface area contributed by atoms with Crippen molar-refractivity contribution in [1.82, 2.24) is 14.2 Å². The summed E-state index contributed by atoms with van der Waals surface area (Å²) in [6.45, 7) is 2.72. The third-order valence-electron chi connectivity index (χ3n) is 4.05. The first-order valence-electron chi connectivity index (χ1n) is 8.67. The number of benzene rings is 1. The van der Waals surface area contributed by atoms with Crippen LogP contribution in [0.2, 0.25) is 0 Å². The van der Waals surface area contributed by atoms with Gasteiger partial charge in [0.1, 0.15) is 12.4 Å². The molecule has 0 fully saturated rings. The fourth-order valence-electron chi connectivity index (χ4n) is 2.69. The van der Waals surface area contributed by atoms with Crippen LogP contribution in [0.5, 0.6) is 5.75 Å². The maximum atomic E-state index is 12.1. The Balaban J connectivity index is 1.45. The first-order valence-corrected chi connectivity index (χ1v) is 8.67. The Bertz CT molecular complexity index is 993. The van der Waals surface area contributed by atoms with E-state index < -0.39 is 0 Å². The molecule has 0 aliphatic carbocycles. The van der Waals surface area contributed by atoms with Gasteiger partial charge in [0.2, 0.25) is 0 Å². The van der Waals surface area contributed by atoms with Gasteiger partial charge in [0.25, 0.3) is 0 Å². The summed E-state index contributed by atoms with van der Waals surface area (Å²) in [4.78, 5) is 24.0. The molecule has 27 heavy (non-hydrogen) atoms. The fourth-order valence-corrected chi connectivity index (χ4v) is 2.69. The molecule has 0 bridgehead atoms. The number of nitrogens with zero attached hydrogens (tertiary/aromatic N) is 3. The molecule has 0 aliphatic rings. The zero-order chi connectivity index (χ0) is 19.2. The maximum Gasteiger partial charge on any atom is 0.350 e. The molecule has 2 aromatic heterocycles. The predicted octanol–water partition coefficient (Wildman–Crippen LogP) is 1.86. The lowest BCUT2D eigenvalue weighted by molar-refractivity contribution is -0.143. The maximum absolute atomic E-state index is 12.1. The SMILES string of the molecule is COc1ccc(C)cc1NCCC(=O)OCCn1nc2ccccn2c1=O. The molecule has 3 rings (SSSR count). The molecule has 0 saturated heterocycles. The number of pyridine rings is 1. The smallest absolute Gasteiger partial charge is 0.350 e. The Kier molecular flexibility index (Phi) is 5.75. The van der Waals surface area contributed by atoms with Gasteiger partial charge >= 0.3 is 11.7 Å². The van der Waals surface area contributed by atoms with Crippen LogP contribution in [0.25, 0.3) is 5.65 Å². The molecular formula is C19H22N4O4. The Hall–Kier alpha value is -3.29. The Morgan fingerprint density at radius 3 is 2.89 bits per heavy atom.